The molecule has 2 saturated heterocycles. The van der Waals surface area contributed by atoms with E-state index in [-0.39, 0.29) is 11.9 Å². The van der Waals surface area contributed by atoms with Crippen molar-refractivity contribution in [1.82, 2.24) is 20.0 Å². The maximum absolute atomic E-state index is 12.8. The van der Waals surface area contributed by atoms with Crippen LogP contribution < -0.4 is 5.32 Å². The molecule has 0 saturated carbocycles. The van der Waals surface area contributed by atoms with Gasteiger partial charge in [0.2, 0.25) is 0 Å². The molecular weight excluding hydrogens is 394 g/mol. The van der Waals surface area contributed by atoms with Gasteiger partial charge in [0, 0.05) is 62.6 Å². The topological polar surface area (TPSA) is 73.6 Å². The average Bonchev–Trinajstić information content (AvgIpc) is 3.41. The molecule has 2 unspecified atom stereocenters. The van der Waals surface area contributed by atoms with Crippen LogP contribution in [0.5, 0.6) is 0 Å². The lowest BCUT2D eigenvalue weighted by atomic mass is 9.96. The number of halogens is 1. The quantitative estimate of drug-likeness (QED) is 0.812. The van der Waals surface area contributed by atoms with Crippen molar-refractivity contribution in [3.8, 4) is 0 Å². The Labute approximate surface area is 175 Å². The monoisotopic (exact) mass is 419 g/mol. The van der Waals surface area contributed by atoms with Crippen LogP contribution in [0.3, 0.4) is 0 Å². The number of carbonyl (C=O) groups is 1. The summed E-state index contributed by atoms with van der Waals surface area (Å²) in [6.45, 7) is 6.91. The molecule has 0 aliphatic carbocycles. The predicted molar refractivity (Wildman–Crippen MR) is 108 cm³/mol. The third kappa shape index (κ3) is 3.76. The van der Waals surface area contributed by atoms with Crippen LogP contribution in [-0.4, -0.2) is 65.6 Å². The van der Waals surface area contributed by atoms with Crippen LogP contribution in [0.4, 0.5) is 4.79 Å². The van der Waals surface area contributed by atoms with E-state index in [1.807, 2.05) is 12.3 Å². The number of urea groups is 1. The summed E-state index contributed by atoms with van der Waals surface area (Å²) in [4.78, 5) is 23.9. The highest BCUT2D eigenvalue weighted by Gasteiger charge is 2.40. The van der Waals surface area contributed by atoms with Crippen LogP contribution in [0, 0.1) is 11.8 Å². The molecule has 9 heteroatoms. The number of amides is 2. The van der Waals surface area contributed by atoms with Crippen LogP contribution in [0.25, 0.3) is 0 Å². The summed E-state index contributed by atoms with van der Waals surface area (Å²) in [5.41, 5.74) is 1.06. The third-order valence-electron chi connectivity index (χ3n) is 6.30. The molecule has 156 valence electrons. The van der Waals surface area contributed by atoms with Gasteiger partial charge in [-0.05, 0) is 30.4 Å². The molecule has 2 fully saturated rings. The summed E-state index contributed by atoms with van der Waals surface area (Å²) in [5, 5.41) is 3.46. The summed E-state index contributed by atoms with van der Waals surface area (Å²) in [6, 6.07) is 2.19. The lowest BCUT2D eigenvalue weighted by Gasteiger charge is -2.32. The summed E-state index contributed by atoms with van der Waals surface area (Å²) in [5.74, 6) is 2.13. The second-order valence-corrected chi connectivity index (χ2v) is 8.75. The molecule has 4 aliphatic rings. The molecule has 0 aromatic carbocycles. The Morgan fingerprint density at radius 3 is 2.90 bits per heavy atom. The molecule has 5 rings (SSSR count). The Kier molecular flexibility index (Phi) is 5.01. The Balaban J connectivity index is 1.29. The van der Waals surface area contributed by atoms with E-state index in [1.165, 1.54) is 0 Å². The number of carbonyl (C=O) groups excluding carboxylic acids is 1. The lowest BCUT2D eigenvalue weighted by molar-refractivity contribution is 0.0459. The number of likely N-dealkylation sites (tertiary alicyclic amines) is 1. The van der Waals surface area contributed by atoms with E-state index in [9.17, 15) is 4.79 Å². The summed E-state index contributed by atoms with van der Waals surface area (Å²) >= 11 is 5.89. The van der Waals surface area contributed by atoms with E-state index in [4.69, 9.17) is 25.7 Å². The molecule has 0 spiro atoms. The van der Waals surface area contributed by atoms with E-state index in [1.54, 1.807) is 11.2 Å². The Morgan fingerprint density at radius 2 is 2.14 bits per heavy atom. The average molecular weight is 420 g/mol. The van der Waals surface area contributed by atoms with Gasteiger partial charge in [0.1, 0.15) is 12.5 Å². The first kappa shape index (κ1) is 19.0. The largest absolute Gasteiger partial charge is 0.453 e. The molecule has 1 N–H and O–H groups in total. The number of furan rings is 1. The zero-order valence-corrected chi connectivity index (χ0v) is 17.3. The van der Waals surface area contributed by atoms with Gasteiger partial charge in [0.15, 0.2) is 11.0 Å². The van der Waals surface area contributed by atoms with E-state index < -0.39 is 0 Å². The minimum atomic E-state index is -0.0805. The van der Waals surface area contributed by atoms with Crippen molar-refractivity contribution >= 4 is 23.5 Å². The molecule has 2 atom stereocenters. The van der Waals surface area contributed by atoms with Crippen molar-refractivity contribution in [3.05, 3.63) is 35.1 Å². The number of ether oxygens (including phenoxy) is 1. The zero-order chi connectivity index (χ0) is 20.0. The standard InChI is InChI=1S/C20H26ClN5O3/c1-13-7-24(8-14-6-17(21)29-11-14)9-16(13)19-22-18-10-25(12-26(18)20(27)23-19)15-2-4-28-5-3-15/h6,10-11,13,15-16H,2-5,7-9,12H2,1H3,(H,22,23,27). The van der Waals surface area contributed by atoms with Gasteiger partial charge in [-0.1, -0.05) is 6.92 Å². The number of hydrogen-bond donors (Lipinski definition) is 1. The first-order valence-corrected chi connectivity index (χ1v) is 10.6. The van der Waals surface area contributed by atoms with Gasteiger partial charge in [-0.2, -0.15) is 0 Å². The van der Waals surface area contributed by atoms with Crippen molar-refractivity contribution in [2.24, 2.45) is 16.8 Å². The fourth-order valence-electron chi connectivity index (χ4n) is 4.73. The Bertz CT molecular complexity index is 847. The second-order valence-electron chi connectivity index (χ2n) is 8.38. The number of nitrogens with one attached hydrogen (secondary N) is 1. The first-order valence-electron chi connectivity index (χ1n) is 10.2. The molecular formula is C20H26ClN5O3. The summed E-state index contributed by atoms with van der Waals surface area (Å²) in [6.07, 6.45) is 5.72. The van der Waals surface area contributed by atoms with Crippen LogP contribution in [0.2, 0.25) is 5.22 Å². The van der Waals surface area contributed by atoms with Gasteiger partial charge in [0.25, 0.3) is 0 Å². The highest BCUT2D eigenvalue weighted by Crippen LogP contribution is 2.31. The van der Waals surface area contributed by atoms with Gasteiger partial charge in [-0.15, -0.1) is 0 Å². The van der Waals surface area contributed by atoms with Gasteiger partial charge < -0.3 is 14.1 Å². The van der Waals surface area contributed by atoms with Gasteiger partial charge in [-0.25, -0.2) is 9.79 Å². The smallest absolute Gasteiger partial charge is 0.329 e. The normalized spacial score (nSPS) is 28.4. The lowest BCUT2D eigenvalue weighted by Crippen LogP contribution is -2.50. The van der Waals surface area contributed by atoms with Crippen LogP contribution in [-0.2, 0) is 11.3 Å². The predicted octanol–water partition coefficient (Wildman–Crippen LogP) is 2.68. The number of fused-ring (bicyclic) bond motifs is 1. The summed E-state index contributed by atoms with van der Waals surface area (Å²) in [7, 11) is 0. The highest BCUT2D eigenvalue weighted by molar-refractivity contribution is 6.28. The van der Waals surface area contributed by atoms with E-state index in [2.05, 4.69) is 22.0 Å². The molecule has 1 aromatic heterocycles. The number of nitrogens with zero attached hydrogens (tertiary/aromatic N) is 4. The molecule has 5 heterocycles. The highest BCUT2D eigenvalue weighted by atomic mass is 35.5. The maximum Gasteiger partial charge on any atom is 0.329 e. The van der Waals surface area contributed by atoms with Gasteiger partial charge >= 0.3 is 6.03 Å². The number of aliphatic imine (C=N–C) groups is 1. The number of rotatable bonds is 4. The minimum Gasteiger partial charge on any atom is -0.453 e. The maximum atomic E-state index is 12.8. The van der Waals surface area contributed by atoms with Crippen LogP contribution in [0.15, 0.2) is 33.8 Å². The van der Waals surface area contributed by atoms with E-state index >= 15 is 0 Å². The second kappa shape index (κ2) is 7.66. The molecule has 2 amide bonds. The molecule has 1 aromatic rings. The van der Waals surface area contributed by atoms with E-state index in [0.717, 1.165) is 62.9 Å². The Morgan fingerprint density at radius 1 is 1.31 bits per heavy atom. The van der Waals surface area contributed by atoms with Crippen molar-refractivity contribution in [2.75, 3.05) is 33.0 Å². The first-order chi connectivity index (χ1) is 14.1. The third-order valence-corrected chi connectivity index (χ3v) is 6.50. The zero-order valence-electron chi connectivity index (χ0n) is 16.5. The summed E-state index contributed by atoms with van der Waals surface area (Å²) < 4.78 is 10.7. The fraction of sp³-hybridized carbons (Fsp3) is 0.600. The van der Waals surface area contributed by atoms with Crippen molar-refractivity contribution in [3.63, 3.8) is 0 Å². The van der Waals surface area contributed by atoms with Crippen molar-refractivity contribution in [2.45, 2.75) is 32.4 Å². The van der Waals surface area contributed by atoms with Crippen molar-refractivity contribution in [1.29, 1.82) is 0 Å². The Hall–Kier alpha value is -2.03. The number of hydrogen-bond acceptors (Lipinski definition) is 6. The molecule has 4 aliphatic heterocycles. The van der Waals surface area contributed by atoms with E-state index in [0.29, 0.717) is 23.8 Å². The molecule has 0 radical (unpaired) electrons. The van der Waals surface area contributed by atoms with Crippen LogP contribution >= 0.6 is 11.6 Å². The fourth-order valence-corrected chi connectivity index (χ4v) is 4.92. The SMILES string of the molecule is CC1CN(Cc2coc(Cl)c2)CC1C1=NC2=CN(C3CCOCC3)CN2C(=O)N1. The molecule has 8 nitrogen and oxygen atoms in total. The van der Waals surface area contributed by atoms with Gasteiger partial charge in [-0.3, -0.25) is 15.1 Å². The molecule has 29 heavy (non-hydrogen) atoms. The molecule has 0 bridgehead atoms. The van der Waals surface area contributed by atoms with Crippen molar-refractivity contribution < 1.29 is 13.9 Å². The number of amidine groups is 1. The van der Waals surface area contributed by atoms with Gasteiger partial charge in [0.05, 0.1) is 6.26 Å². The minimum absolute atomic E-state index is 0.0805. The van der Waals surface area contributed by atoms with Crippen LogP contribution in [0.1, 0.15) is 25.3 Å².